The lowest BCUT2D eigenvalue weighted by Gasteiger charge is -2.34. The van der Waals surface area contributed by atoms with Crippen LogP contribution in [-0.4, -0.2) is 68.3 Å². The normalized spacial score (nSPS) is 25.4. The standard InChI is InChI=1S/C13H24F3N3/c14-13(15,16)12-2-7-19(8-3-12)11-10-18-6-1-4-17-5-9-18/h12,17H,1-11H2. The van der Waals surface area contributed by atoms with E-state index in [1.54, 1.807) is 0 Å². The third kappa shape index (κ3) is 4.93. The van der Waals surface area contributed by atoms with Gasteiger partial charge in [0.25, 0.3) is 0 Å². The van der Waals surface area contributed by atoms with E-state index < -0.39 is 12.1 Å². The van der Waals surface area contributed by atoms with Gasteiger partial charge in [-0.2, -0.15) is 13.2 Å². The second kappa shape index (κ2) is 6.90. The van der Waals surface area contributed by atoms with Gasteiger partial charge in [0, 0.05) is 26.2 Å². The fourth-order valence-electron chi connectivity index (χ4n) is 2.89. The van der Waals surface area contributed by atoms with Crippen molar-refractivity contribution in [3.05, 3.63) is 0 Å². The molecule has 19 heavy (non-hydrogen) atoms. The van der Waals surface area contributed by atoms with Crippen LogP contribution in [0.2, 0.25) is 0 Å². The maximum Gasteiger partial charge on any atom is 0.391 e. The van der Waals surface area contributed by atoms with Gasteiger partial charge in [0.15, 0.2) is 0 Å². The molecule has 112 valence electrons. The molecule has 0 spiro atoms. The lowest BCUT2D eigenvalue weighted by Crippen LogP contribution is -2.43. The van der Waals surface area contributed by atoms with Gasteiger partial charge in [0.1, 0.15) is 0 Å². The fourth-order valence-corrected chi connectivity index (χ4v) is 2.89. The number of rotatable bonds is 3. The molecule has 3 nitrogen and oxygen atoms in total. The first-order valence-corrected chi connectivity index (χ1v) is 7.28. The zero-order chi connectivity index (χ0) is 13.7. The average Bonchev–Trinajstić information content (AvgIpc) is 2.64. The Balaban J connectivity index is 1.65. The first-order valence-electron chi connectivity index (χ1n) is 7.28. The SMILES string of the molecule is FC(F)(F)C1CCN(CCN2CCCNCC2)CC1. The molecule has 0 radical (unpaired) electrons. The Hall–Kier alpha value is -0.330. The van der Waals surface area contributed by atoms with Crippen LogP contribution in [0.4, 0.5) is 13.2 Å². The number of halogens is 3. The van der Waals surface area contributed by atoms with E-state index in [-0.39, 0.29) is 12.8 Å². The summed E-state index contributed by atoms with van der Waals surface area (Å²) in [5.74, 6) is -1.08. The minimum absolute atomic E-state index is 0.269. The molecule has 2 fully saturated rings. The predicted octanol–water partition coefficient (Wildman–Crippen LogP) is 1.56. The maximum atomic E-state index is 12.6. The molecule has 0 bridgehead atoms. The highest BCUT2D eigenvalue weighted by atomic mass is 19.4. The second-order valence-electron chi connectivity index (χ2n) is 5.60. The number of hydrogen-bond acceptors (Lipinski definition) is 3. The van der Waals surface area contributed by atoms with Crippen LogP contribution in [0.5, 0.6) is 0 Å². The highest BCUT2D eigenvalue weighted by molar-refractivity contribution is 4.78. The smallest absolute Gasteiger partial charge is 0.315 e. The molecule has 1 N–H and O–H groups in total. The summed E-state index contributed by atoms with van der Waals surface area (Å²) in [7, 11) is 0. The highest BCUT2D eigenvalue weighted by Crippen LogP contribution is 2.33. The molecular weight excluding hydrogens is 255 g/mol. The van der Waals surface area contributed by atoms with Gasteiger partial charge in [0.05, 0.1) is 5.92 Å². The average molecular weight is 279 g/mol. The molecule has 6 heteroatoms. The Kier molecular flexibility index (Phi) is 5.47. The van der Waals surface area contributed by atoms with Gasteiger partial charge >= 0.3 is 6.18 Å². The van der Waals surface area contributed by atoms with Crippen LogP contribution in [0.1, 0.15) is 19.3 Å². The molecule has 0 amide bonds. The van der Waals surface area contributed by atoms with Gasteiger partial charge in [-0.25, -0.2) is 0 Å². The molecule has 2 rings (SSSR count). The summed E-state index contributed by atoms with van der Waals surface area (Å²) in [5.41, 5.74) is 0. The monoisotopic (exact) mass is 279 g/mol. The molecule has 0 aliphatic carbocycles. The van der Waals surface area contributed by atoms with E-state index in [0.717, 1.165) is 45.7 Å². The number of alkyl halides is 3. The zero-order valence-electron chi connectivity index (χ0n) is 11.4. The third-order valence-electron chi connectivity index (χ3n) is 4.22. The van der Waals surface area contributed by atoms with Crippen molar-refractivity contribution in [2.75, 3.05) is 52.4 Å². The van der Waals surface area contributed by atoms with Crippen LogP contribution in [0.15, 0.2) is 0 Å². The number of likely N-dealkylation sites (tertiary alicyclic amines) is 1. The number of hydrogen-bond donors (Lipinski definition) is 1. The van der Waals surface area contributed by atoms with Crippen molar-refractivity contribution in [2.45, 2.75) is 25.4 Å². The molecule has 0 aromatic heterocycles. The summed E-state index contributed by atoms with van der Waals surface area (Å²) >= 11 is 0. The Bertz CT molecular complexity index is 254. The Labute approximate surface area is 113 Å². The second-order valence-corrected chi connectivity index (χ2v) is 5.60. The Morgan fingerprint density at radius 2 is 1.53 bits per heavy atom. The molecule has 2 saturated heterocycles. The minimum atomic E-state index is -4.00. The van der Waals surface area contributed by atoms with Crippen LogP contribution < -0.4 is 5.32 Å². The van der Waals surface area contributed by atoms with Crippen molar-refractivity contribution in [2.24, 2.45) is 5.92 Å². The van der Waals surface area contributed by atoms with Gasteiger partial charge < -0.3 is 15.1 Å². The van der Waals surface area contributed by atoms with Crippen LogP contribution in [0.3, 0.4) is 0 Å². The van der Waals surface area contributed by atoms with Crippen molar-refractivity contribution >= 4 is 0 Å². The molecule has 2 heterocycles. The molecular formula is C13H24F3N3. The number of nitrogens with one attached hydrogen (secondary N) is 1. The van der Waals surface area contributed by atoms with Gasteiger partial charge in [-0.1, -0.05) is 0 Å². The molecule has 0 saturated carbocycles. The van der Waals surface area contributed by atoms with E-state index in [9.17, 15) is 13.2 Å². The third-order valence-corrected chi connectivity index (χ3v) is 4.22. The van der Waals surface area contributed by atoms with Crippen LogP contribution in [-0.2, 0) is 0 Å². The summed E-state index contributed by atoms with van der Waals surface area (Å²) in [6, 6.07) is 0. The van der Waals surface area contributed by atoms with Gasteiger partial charge in [-0.3, -0.25) is 0 Å². The van der Waals surface area contributed by atoms with E-state index in [4.69, 9.17) is 0 Å². The van der Waals surface area contributed by atoms with Crippen LogP contribution in [0, 0.1) is 5.92 Å². The van der Waals surface area contributed by atoms with Gasteiger partial charge in [0.2, 0.25) is 0 Å². The largest absolute Gasteiger partial charge is 0.391 e. The summed E-state index contributed by atoms with van der Waals surface area (Å²) < 4.78 is 37.7. The van der Waals surface area contributed by atoms with Crippen molar-refractivity contribution < 1.29 is 13.2 Å². The van der Waals surface area contributed by atoms with Gasteiger partial charge in [-0.15, -0.1) is 0 Å². The molecule has 0 atom stereocenters. The maximum absolute atomic E-state index is 12.6. The van der Waals surface area contributed by atoms with E-state index in [1.807, 2.05) is 0 Å². The van der Waals surface area contributed by atoms with Crippen molar-refractivity contribution in [1.82, 2.24) is 15.1 Å². The van der Waals surface area contributed by atoms with E-state index >= 15 is 0 Å². The lowest BCUT2D eigenvalue weighted by molar-refractivity contribution is -0.185. The Morgan fingerprint density at radius 3 is 2.16 bits per heavy atom. The van der Waals surface area contributed by atoms with Crippen molar-refractivity contribution in [3.63, 3.8) is 0 Å². The summed E-state index contributed by atoms with van der Waals surface area (Å²) in [5, 5.41) is 3.36. The minimum Gasteiger partial charge on any atom is -0.315 e. The number of nitrogens with zero attached hydrogens (tertiary/aromatic N) is 2. The highest BCUT2D eigenvalue weighted by Gasteiger charge is 2.40. The fraction of sp³-hybridized carbons (Fsp3) is 1.00. The summed E-state index contributed by atoms with van der Waals surface area (Å²) in [4.78, 5) is 4.59. The van der Waals surface area contributed by atoms with E-state index in [2.05, 4.69) is 15.1 Å². The topological polar surface area (TPSA) is 18.5 Å². The molecule has 0 aromatic carbocycles. The first-order chi connectivity index (χ1) is 9.05. The van der Waals surface area contributed by atoms with E-state index in [1.165, 1.54) is 0 Å². The van der Waals surface area contributed by atoms with Crippen LogP contribution in [0.25, 0.3) is 0 Å². The van der Waals surface area contributed by atoms with Crippen molar-refractivity contribution in [1.29, 1.82) is 0 Å². The first kappa shape index (κ1) is 15.1. The van der Waals surface area contributed by atoms with Crippen LogP contribution >= 0.6 is 0 Å². The zero-order valence-corrected chi connectivity index (χ0v) is 11.4. The van der Waals surface area contributed by atoms with E-state index in [0.29, 0.717) is 13.1 Å². The molecule has 2 aliphatic rings. The van der Waals surface area contributed by atoms with Gasteiger partial charge in [-0.05, 0) is 45.4 Å². The molecule has 0 aromatic rings. The number of piperidine rings is 1. The quantitative estimate of drug-likeness (QED) is 0.846. The Morgan fingerprint density at radius 1 is 0.895 bits per heavy atom. The summed E-state index contributed by atoms with van der Waals surface area (Å²) in [6.45, 7) is 7.34. The summed E-state index contributed by atoms with van der Waals surface area (Å²) in [6.07, 6.45) is -2.30. The van der Waals surface area contributed by atoms with Crippen molar-refractivity contribution in [3.8, 4) is 0 Å². The lowest BCUT2D eigenvalue weighted by atomic mass is 9.96. The molecule has 2 aliphatic heterocycles. The predicted molar refractivity (Wildman–Crippen MR) is 69.1 cm³/mol. The molecule has 0 unspecified atom stereocenters.